The molecule has 2 fully saturated rings. The van der Waals surface area contributed by atoms with E-state index in [9.17, 15) is 14.3 Å². The Bertz CT molecular complexity index is 1860. The van der Waals surface area contributed by atoms with Crippen molar-refractivity contribution in [2.75, 3.05) is 13.7 Å². The minimum Gasteiger partial charge on any atom is -0.494 e. The van der Waals surface area contributed by atoms with Crippen molar-refractivity contribution < 1.29 is 23.8 Å². The first kappa shape index (κ1) is 25.3. The Kier molecular flexibility index (Phi) is 5.44. The van der Waals surface area contributed by atoms with Crippen LogP contribution in [-0.2, 0) is 11.1 Å². The van der Waals surface area contributed by atoms with E-state index >= 15 is 0 Å². The van der Waals surface area contributed by atoms with Crippen LogP contribution >= 0.6 is 11.3 Å². The van der Waals surface area contributed by atoms with Gasteiger partial charge in [-0.25, -0.2) is 19.0 Å². The summed E-state index contributed by atoms with van der Waals surface area (Å²) in [5, 5.41) is 23.5. The number of hydrogen-bond acceptors (Lipinski definition) is 9. The van der Waals surface area contributed by atoms with Gasteiger partial charge in [0.25, 0.3) is 5.91 Å². The number of carbonyl (C=O) groups is 1. The zero-order chi connectivity index (χ0) is 28.6. The standard InChI is InChI=1S/C30H25FN6O4S/c1-40-21-10-17(11-22-26(21)33-15-42-22)28(38)32-14-30(39,18-4-5-18)23-12-20-27(25(35-23)16-2-6-19(31)7-3-16)41-24-13-29(20,24)37-9-8-34-36-37/h2-3,6-12,15,18,24,39H,4-5,13-14H2,1H3,(H,32,38)/t24?,29-,30?/m1/s1. The Morgan fingerprint density at radius 1 is 1.29 bits per heavy atom. The molecule has 42 heavy (non-hydrogen) atoms. The number of aromatic nitrogens is 5. The highest BCUT2D eigenvalue weighted by molar-refractivity contribution is 7.16. The van der Waals surface area contributed by atoms with Gasteiger partial charge in [0.2, 0.25) is 0 Å². The van der Waals surface area contributed by atoms with Gasteiger partial charge in [-0.15, -0.1) is 16.4 Å². The topological polar surface area (TPSA) is 124 Å². The molecule has 3 aromatic heterocycles. The van der Waals surface area contributed by atoms with Crippen molar-refractivity contribution in [2.24, 2.45) is 5.92 Å². The normalized spacial score (nSPS) is 21.7. The first-order valence-electron chi connectivity index (χ1n) is 13.7. The van der Waals surface area contributed by atoms with Crippen LogP contribution in [0.5, 0.6) is 11.5 Å². The molecule has 3 aliphatic rings. The molecule has 2 aromatic carbocycles. The number of halogens is 1. The van der Waals surface area contributed by atoms with Gasteiger partial charge in [-0.05, 0) is 61.2 Å². The van der Waals surface area contributed by atoms with E-state index in [1.165, 1.54) is 23.5 Å². The fourth-order valence-corrected chi connectivity index (χ4v) is 6.85. The van der Waals surface area contributed by atoms with Crippen molar-refractivity contribution in [1.29, 1.82) is 0 Å². The van der Waals surface area contributed by atoms with E-state index < -0.39 is 11.1 Å². The molecule has 0 spiro atoms. The zero-order valence-electron chi connectivity index (χ0n) is 22.5. The maximum atomic E-state index is 13.8. The van der Waals surface area contributed by atoms with E-state index in [-0.39, 0.29) is 30.3 Å². The molecule has 0 saturated heterocycles. The molecular weight excluding hydrogens is 559 g/mol. The van der Waals surface area contributed by atoms with Crippen molar-refractivity contribution in [3.8, 4) is 22.8 Å². The molecule has 10 nitrogen and oxygen atoms in total. The van der Waals surface area contributed by atoms with Crippen LogP contribution < -0.4 is 14.8 Å². The second-order valence-corrected chi connectivity index (χ2v) is 12.0. The predicted octanol–water partition coefficient (Wildman–Crippen LogP) is 4.03. The molecule has 1 amide bonds. The van der Waals surface area contributed by atoms with Crippen molar-refractivity contribution in [1.82, 2.24) is 30.3 Å². The van der Waals surface area contributed by atoms with Crippen LogP contribution in [0, 0.1) is 11.7 Å². The number of pyridine rings is 1. The van der Waals surface area contributed by atoms with Crippen molar-refractivity contribution in [2.45, 2.75) is 36.5 Å². The van der Waals surface area contributed by atoms with Crippen molar-refractivity contribution in [3.63, 3.8) is 0 Å². The third-order valence-corrected chi connectivity index (χ3v) is 9.39. The van der Waals surface area contributed by atoms with E-state index in [4.69, 9.17) is 14.5 Å². The lowest BCUT2D eigenvalue weighted by atomic mass is 9.89. The van der Waals surface area contributed by atoms with Gasteiger partial charge in [0.05, 0.1) is 35.8 Å². The molecule has 2 aliphatic carbocycles. The summed E-state index contributed by atoms with van der Waals surface area (Å²) >= 11 is 1.42. The third-order valence-electron chi connectivity index (χ3n) is 8.62. The van der Waals surface area contributed by atoms with Gasteiger partial charge in [-0.2, -0.15) is 0 Å². The minimum atomic E-state index is -1.45. The smallest absolute Gasteiger partial charge is 0.251 e. The SMILES string of the molecule is COc1cc(C(=O)NCC(O)(c2cc3c(c(-c4ccc(F)cc4)n2)OC2C[C@@]32n2ccnn2)C2CC2)cc2scnc12. The highest BCUT2D eigenvalue weighted by Gasteiger charge is 2.67. The average Bonchev–Trinajstić information content (AvgIpc) is 3.80. The van der Waals surface area contributed by atoms with Gasteiger partial charge in [-0.1, -0.05) is 5.21 Å². The Balaban J connectivity index is 1.19. The number of rotatable bonds is 8. The molecule has 0 bridgehead atoms. The van der Waals surface area contributed by atoms with E-state index in [2.05, 4.69) is 20.6 Å². The fraction of sp³-hybridized carbons (Fsp3) is 0.300. The summed E-state index contributed by atoms with van der Waals surface area (Å²) in [6.45, 7) is -0.0468. The number of nitrogens with one attached hydrogen (secondary N) is 1. The molecule has 2 unspecified atom stereocenters. The Morgan fingerprint density at radius 3 is 2.86 bits per heavy atom. The predicted molar refractivity (Wildman–Crippen MR) is 151 cm³/mol. The summed E-state index contributed by atoms with van der Waals surface area (Å²) in [4.78, 5) is 22.6. The number of nitrogens with zero attached hydrogens (tertiary/aromatic N) is 5. The van der Waals surface area contributed by atoms with Gasteiger partial charge < -0.3 is 19.9 Å². The van der Waals surface area contributed by atoms with Gasteiger partial charge in [-0.3, -0.25) is 4.79 Å². The van der Waals surface area contributed by atoms with Crippen molar-refractivity contribution in [3.05, 3.63) is 83.0 Å². The van der Waals surface area contributed by atoms with E-state index in [0.717, 1.165) is 23.1 Å². The van der Waals surface area contributed by atoms with Crippen LogP contribution in [-0.4, -0.2) is 55.7 Å². The van der Waals surface area contributed by atoms with Crippen LogP contribution in [0.1, 0.15) is 40.9 Å². The van der Waals surface area contributed by atoms with Gasteiger partial charge in [0, 0.05) is 29.3 Å². The van der Waals surface area contributed by atoms with E-state index in [1.807, 2.05) is 6.07 Å². The van der Waals surface area contributed by atoms with Gasteiger partial charge in [0.15, 0.2) is 5.75 Å². The number of amides is 1. The maximum absolute atomic E-state index is 13.8. The average molecular weight is 585 g/mol. The number of methoxy groups -OCH3 is 1. The number of thiazole rings is 1. The van der Waals surface area contributed by atoms with Crippen molar-refractivity contribution >= 4 is 27.5 Å². The van der Waals surface area contributed by atoms with Crippen LogP contribution in [0.4, 0.5) is 4.39 Å². The maximum Gasteiger partial charge on any atom is 0.251 e. The lowest BCUT2D eigenvalue weighted by Gasteiger charge is -2.30. The molecule has 2 N–H and O–H groups in total. The molecule has 5 aromatic rings. The van der Waals surface area contributed by atoms with Crippen LogP contribution in [0.3, 0.4) is 0 Å². The number of benzene rings is 2. The lowest BCUT2D eigenvalue weighted by molar-refractivity contribution is 0.00945. The number of fused-ring (bicyclic) bond motifs is 4. The number of carbonyl (C=O) groups excluding carboxylic acids is 1. The summed E-state index contributed by atoms with van der Waals surface area (Å²) in [6.07, 6.45) is 5.57. The zero-order valence-corrected chi connectivity index (χ0v) is 23.3. The highest BCUT2D eigenvalue weighted by atomic mass is 32.1. The summed E-state index contributed by atoms with van der Waals surface area (Å²) in [5.41, 5.74) is 3.25. The van der Waals surface area contributed by atoms with Crippen LogP contribution in [0.2, 0.25) is 0 Å². The molecular formula is C30H25FN6O4S. The van der Waals surface area contributed by atoms with Gasteiger partial charge >= 0.3 is 0 Å². The van der Waals surface area contributed by atoms with Gasteiger partial charge in [0.1, 0.15) is 40.0 Å². The van der Waals surface area contributed by atoms with E-state index in [0.29, 0.717) is 46.0 Å². The number of aliphatic hydroxyl groups is 1. The molecule has 12 heteroatoms. The summed E-state index contributed by atoms with van der Waals surface area (Å²) in [7, 11) is 1.54. The molecule has 8 rings (SSSR count). The van der Waals surface area contributed by atoms with Crippen LogP contribution in [0.15, 0.2) is 60.4 Å². The summed E-state index contributed by atoms with van der Waals surface area (Å²) < 4.78 is 28.3. The molecule has 3 atom stereocenters. The molecule has 2 saturated carbocycles. The van der Waals surface area contributed by atoms with E-state index in [1.54, 1.807) is 54.0 Å². The fourth-order valence-electron chi connectivity index (χ4n) is 6.12. The minimum absolute atomic E-state index is 0.0468. The molecule has 212 valence electrons. The second-order valence-electron chi connectivity index (χ2n) is 11.1. The first-order valence-corrected chi connectivity index (χ1v) is 14.6. The monoisotopic (exact) mass is 584 g/mol. The largest absolute Gasteiger partial charge is 0.494 e. The highest BCUT2D eigenvalue weighted by Crippen LogP contribution is 2.62. The number of hydrogen-bond donors (Lipinski definition) is 2. The second kappa shape index (κ2) is 9.04. The molecule has 0 radical (unpaired) electrons. The first-order chi connectivity index (χ1) is 20.4. The number of ether oxygens (including phenoxy) is 2. The third kappa shape index (κ3) is 3.75. The molecule has 4 heterocycles. The molecule has 1 aliphatic heterocycles. The Hall–Kier alpha value is -4.42. The van der Waals surface area contributed by atoms with Crippen LogP contribution in [0.25, 0.3) is 21.5 Å². The summed E-state index contributed by atoms with van der Waals surface area (Å²) in [6, 6.07) is 11.4. The lowest BCUT2D eigenvalue weighted by Crippen LogP contribution is -2.43. The quantitative estimate of drug-likeness (QED) is 0.280. The Morgan fingerprint density at radius 2 is 2.12 bits per heavy atom. The Labute approximate surface area is 243 Å². The summed E-state index contributed by atoms with van der Waals surface area (Å²) in [5.74, 6) is 0.303.